The van der Waals surface area contributed by atoms with Crippen molar-refractivity contribution in [3.63, 3.8) is 0 Å². The zero-order valence-electron chi connectivity index (χ0n) is 14.8. The second-order valence-electron chi connectivity index (χ2n) is 6.74. The van der Waals surface area contributed by atoms with Crippen LogP contribution in [0.3, 0.4) is 0 Å². The molecule has 0 atom stereocenters. The average molecular weight is 323 g/mol. The van der Waals surface area contributed by atoms with Crippen molar-refractivity contribution >= 4 is 0 Å². The molecular formula is C22H29NO. The van der Waals surface area contributed by atoms with Gasteiger partial charge in [-0.3, -0.25) is 0 Å². The predicted octanol–water partition coefficient (Wildman–Crippen LogP) is 5.07. The third-order valence-electron chi connectivity index (χ3n) is 5.08. The van der Waals surface area contributed by atoms with Crippen LogP contribution in [0, 0.1) is 0 Å². The van der Waals surface area contributed by atoms with Gasteiger partial charge in [0, 0.05) is 12.6 Å². The Balaban J connectivity index is 1.52. The summed E-state index contributed by atoms with van der Waals surface area (Å²) in [5.74, 6) is 0.972. The molecule has 0 unspecified atom stereocenters. The summed E-state index contributed by atoms with van der Waals surface area (Å²) < 4.78 is 5.95. The summed E-state index contributed by atoms with van der Waals surface area (Å²) in [5.41, 5.74) is 2.58. The molecule has 0 spiro atoms. The Morgan fingerprint density at radius 3 is 2.46 bits per heavy atom. The number of likely N-dealkylation sites (N-methyl/N-ethyl adjacent to an activating group) is 1. The molecule has 24 heavy (non-hydrogen) atoms. The number of hydrogen-bond donors (Lipinski definition) is 0. The van der Waals surface area contributed by atoms with Gasteiger partial charge in [-0.2, -0.15) is 0 Å². The largest absolute Gasteiger partial charge is 0.489 e. The Kier molecular flexibility index (Phi) is 6.31. The normalized spacial score (nSPS) is 15.1. The first-order valence-electron chi connectivity index (χ1n) is 9.35. The van der Waals surface area contributed by atoms with E-state index in [0.717, 1.165) is 31.3 Å². The molecule has 1 aliphatic carbocycles. The highest BCUT2D eigenvalue weighted by Gasteiger charge is 2.20. The molecule has 128 valence electrons. The summed E-state index contributed by atoms with van der Waals surface area (Å²) in [6.07, 6.45) is 6.68. The lowest BCUT2D eigenvalue weighted by atomic mass is 10.1. The zero-order valence-corrected chi connectivity index (χ0v) is 14.8. The molecule has 0 radical (unpaired) electrons. The van der Waals surface area contributed by atoms with Crippen molar-refractivity contribution in [2.75, 3.05) is 13.1 Å². The van der Waals surface area contributed by atoms with Crippen molar-refractivity contribution in [3.8, 4) is 5.75 Å². The van der Waals surface area contributed by atoms with Gasteiger partial charge in [-0.1, -0.05) is 62.2 Å². The highest BCUT2D eigenvalue weighted by molar-refractivity contribution is 5.29. The monoisotopic (exact) mass is 323 g/mol. The van der Waals surface area contributed by atoms with Crippen LogP contribution < -0.4 is 4.74 Å². The minimum Gasteiger partial charge on any atom is -0.489 e. The number of ether oxygens (including phenoxy) is 1. The first kappa shape index (κ1) is 17.0. The lowest BCUT2D eigenvalue weighted by Gasteiger charge is -2.27. The fourth-order valence-corrected chi connectivity index (χ4v) is 3.67. The molecule has 0 bridgehead atoms. The van der Waals surface area contributed by atoms with Gasteiger partial charge in [0.25, 0.3) is 0 Å². The summed E-state index contributed by atoms with van der Waals surface area (Å²) in [5, 5.41) is 0. The van der Waals surface area contributed by atoms with Crippen LogP contribution in [0.2, 0.25) is 0 Å². The number of hydrogen-bond acceptors (Lipinski definition) is 2. The zero-order chi connectivity index (χ0) is 16.6. The Morgan fingerprint density at radius 2 is 1.71 bits per heavy atom. The van der Waals surface area contributed by atoms with Crippen LogP contribution in [-0.4, -0.2) is 24.0 Å². The molecule has 0 N–H and O–H groups in total. The van der Waals surface area contributed by atoms with E-state index < -0.39 is 0 Å². The Hall–Kier alpha value is -1.80. The highest BCUT2D eigenvalue weighted by atomic mass is 16.5. The third kappa shape index (κ3) is 4.85. The van der Waals surface area contributed by atoms with E-state index in [1.54, 1.807) is 0 Å². The van der Waals surface area contributed by atoms with Crippen LogP contribution in [0.4, 0.5) is 0 Å². The van der Waals surface area contributed by atoms with E-state index in [1.165, 1.54) is 36.8 Å². The van der Waals surface area contributed by atoms with Crippen molar-refractivity contribution in [3.05, 3.63) is 65.7 Å². The summed E-state index contributed by atoms with van der Waals surface area (Å²) in [4.78, 5) is 2.66. The predicted molar refractivity (Wildman–Crippen MR) is 100 cm³/mol. The van der Waals surface area contributed by atoms with Gasteiger partial charge in [0.2, 0.25) is 0 Å². The maximum absolute atomic E-state index is 5.95. The summed E-state index contributed by atoms with van der Waals surface area (Å²) in [6, 6.07) is 19.7. The first-order valence-corrected chi connectivity index (χ1v) is 9.35. The minimum atomic E-state index is 0.632. The molecule has 0 heterocycles. The van der Waals surface area contributed by atoms with Crippen LogP contribution in [0.25, 0.3) is 0 Å². The second-order valence-corrected chi connectivity index (χ2v) is 6.74. The van der Waals surface area contributed by atoms with E-state index in [-0.39, 0.29) is 0 Å². The van der Waals surface area contributed by atoms with Crippen molar-refractivity contribution in [1.29, 1.82) is 0 Å². The molecule has 2 nitrogen and oxygen atoms in total. The van der Waals surface area contributed by atoms with E-state index >= 15 is 0 Å². The van der Waals surface area contributed by atoms with Crippen molar-refractivity contribution in [2.45, 2.75) is 51.7 Å². The molecular weight excluding hydrogens is 294 g/mol. The molecule has 3 rings (SSSR count). The Morgan fingerprint density at radius 1 is 0.958 bits per heavy atom. The maximum Gasteiger partial charge on any atom is 0.120 e. The lowest BCUT2D eigenvalue weighted by Crippen LogP contribution is -2.34. The highest BCUT2D eigenvalue weighted by Crippen LogP contribution is 2.24. The Labute approximate surface area is 146 Å². The molecule has 1 aliphatic rings. The molecule has 2 aromatic carbocycles. The number of nitrogens with zero attached hydrogens (tertiary/aromatic N) is 1. The van der Waals surface area contributed by atoms with Crippen LogP contribution in [0.1, 0.15) is 43.7 Å². The summed E-state index contributed by atoms with van der Waals surface area (Å²) in [6.45, 7) is 5.24. The molecule has 0 aromatic heterocycles. The van der Waals surface area contributed by atoms with Gasteiger partial charge in [0.05, 0.1) is 0 Å². The van der Waals surface area contributed by atoms with Gasteiger partial charge in [-0.05, 0) is 49.1 Å². The first-order chi connectivity index (χ1) is 11.8. The molecule has 2 heteroatoms. The molecule has 0 saturated heterocycles. The molecule has 1 fully saturated rings. The average Bonchev–Trinajstić information content (AvgIpc) is 3.16. The van der Waals surface area contributed by atoms with Crippen molar-refractivity contribution in [2.24, 2.45) is 0 Å². The number of rotatable bonds is 8. The van der Waals surface area contributed by atoms with Gasteiger partial charge in [-0.15, -0.1) is 0 Å². The standard InChI is InChI=1S/C22H29NO/c1-2-23(21-12-6-7-13-21)16-15-19-11-8-14-22(17-19)24-18-20-9-4-3-5-10-20/h3-5,8-11,14,17,21H,2,6-7,12-13,15-16,18H2,1H3. The lowest BCUT2D eigenvalue weighted by molar-refractivity contribution is 0.211. The van der Waals surface area contributed by atoms with E-state index in [9.17, 15) is 0 Å². The maximum atomic E-state index is 5.95. The van der Waals surface area contributed by atoms with Gasteiger partial charge >= 0.3 is 0 Å². The molecule has 1 saturated carbocycles. The van der Waals surface area contributed by atoms with Crippen molar-refractivity contribution < 1.29 is 4.74 Å². The van der Waals surface area contributed by atoms with Gasteiger partial charge in [0.1, 0.15) is 12.4 Å². The number of benzene rings is 2. The Bertz CT molecular complexity index is 604. The fourth-order valence-electron chi connectivity index (χ4n) is 3.67. The van der Waals surface area contributed by atoms with Crippen LogP contribution >= 0.6 is 0 Å². The van der Waals surface area contributed by atoms with Crippen LogP contribution in [-0.2, 0) is 13.0 Å². The topological polar surface area (TPSA) is 12.5 Å². The fraction of sp³-hybridized carbons (Fsp3) is 0.455. The summed E-state index contributed by atoms with van der Waals surface area (Å²) >= 11 is 0. The van der Waals surface area contributed by atoms with E-state index in [0.29, 0.717) is 6.61 Å². The minimum absolute atomic E-state index is 0.632. The quantitative estimate of drug-likeness (QED) is 0.672. The molecule has 0 aliphatic heterocycles. The molecule has 2 aromatic rings. The summed E-state index contributed by atoms with van der Waals surface area (Å²) in [7, 11) is 0. The van der Waals surface area contributed by atoms with Gasteiger partial charge in [-0.25, -0.2) is 0 Å². The second kappa shape index (κ2) is 8.89. The van der Waals surface area contributed by atoms with E-state index in [1.807, 2.05) is 6.07 Å². The SMILES string of the molecule is CCN(CCc1cccc(OCc2ccccc2)c1)C1CCCC1. The van der Waals surface area contributed by atoms with E-state index in [4.69, 9.17) is 4.74 Å². The van der Waals surface area contributed by atoms with Crippen LogP contribution in [0.15, 0.2) is 54.6 Å². The van der Waals surface area contributed by atoms with Crippen LogP contribution in [0.5, 0.6) is 5.75 Å². The van der Waals surface area contributed by atoms with Gasteiger partial charge in [0.15, 0.2) is 0 Å². The van der Waals surface area contributed by atoms with Gasteiger partial charge < -0.3 is 9.64 Å². The molecule has 0 amide bonds. The van der Waals surface area contributed by atoms with Crippen molar-refractivity contribution in [1.82, 2.24) is 4.90 Å². The smallest absolute Gasteiger partial charge is 0.120 e. The third-order valence-corrected chi connectivity index (χ3v) is 5.08. The van der Waals surface area contributed by atoms with E-state index in [2.05, 4.69) is 60.4 Å².